The number of nitrogen functional groups attached to an aromatic ring is 1. The van der Waals surface area contributed by atoms with Crippen LogP contribution in [0.1, 0.15) is 17.4 Å². The molecule has 1 aromatic carbocycles. The van der Waals surface area contributed by atoms with Gasteiger partial charge in [-0.2, -0.15) is 5.26 Å². The van der Waals surface area contributed by atoms with E-state index in [1.54, 1.807) is 0 Å². The minimum atomic E-state index is 0.741. The molecule has 0 spiro atoms. The Kier molecular flexibility index (Phi) is 2.93. The summed E-state index contributed by atoms with van der Waals surface area (Å²) in [6.45, 7) is 2.09. The zero-order valence-corrected chi connectivity index (χ0v) is 9.84. The highest BCUT2D eigenvalue weighted by Crippen LogP contribution is 2.30. The first-order valence-electron chi connectivity index (χ1n) is 5.13. The van der Waals surface area contributed by atoms with Gasteiger partial charge in [-0.05, 0) is 41.8 Å². The molecule has 2 nitrogen and oxygen atoms in total. The maximum absolute atomic E-state index is 8.78. The van der Waals surface area contributed by atoms with Crippen molar-refractivity contribution < 1.29 is 0 Å². The predicted octanol–water partition coefficient (Wildman–Crippen LogP) is 3.43. The average molecular weight is 228 g/mol. The summed E-state index contributed by atoms with van der Waals surface area (Å²) in [5.74, 6) is 0. The molecule has 0 unspecified atom stereocenters. The molecule has 0 radical (unpaired) electrons. The van der Waals surface area contributed by atoms with Gasteiger partial charge < -0.3 is 5.73 Å². The molecule has 16 heavy (non-hydrogen) atoms. The van der Waals surface area contributed by atoms with Crippen LogP contribution in [-0.2, 0) is 6.42 Å². The van der Waals surface area contributed by atoms with Crippen LogP contribution in [0.5, 0.6) is 0 Å². The van der Waals surface area contributed by atoms with Crippen molar-refractivity contribution in [3.8, 4) is 16.5 Å². The van der Waals surface area contributed by atoms with Crippen molar-refractivity contribution in [1.82, 2.24) is 0 Å². The van der Waals surface area contributed by atoms with Gasteiger partial charge in [0.05, 0.1) is 0 Å². The Morgan fingerprint density at radius 3 is 2.75 bits per heavy atom. The highest BCUT2D eigenvalue weighted by atomic mass is 32.1. The van der Waals surface area contributed by atoms with Gasteiger partial charge in [-0.1, -0.05) is 13.0 Å². The van der Waals surface area contributed by atoms with Gasteiger partial charge in [0.1, 0.15) is 10.9 Å². The normalized spacial score (nSPS) is 10.0. The first-order valence-corrected chi connectivity index (χ1v) is 5.95. The number of benzene rings is 1. The van der Waals surface area contributed by atoms with Gasteiger partial charge in [-0.25, -0.2) is 0 Å². The van der Waals surface area contributed by atoms with E-state index >= 15 is 0 Å². The Morgan fingerprint density at radius 2 is 2.12 bits per heavy atom. The van der Waals surface area contributed by atoms with E-state index < -0.39 is 0 Å². The lowest BCUT2D eigenvalue weighted by atomic mass is 10.1. The number of hydrogen-bond donors (Lipinski definition) is 1. The van der Waals surface area contributed by atoms with Crippen LogP contribution in [0.25, 0.3) is 10.4 Å². The van der Waals surface area contributed by atoms with E-state index in [0.29, 0.717) is 0 Å². The van der Waals surface area contributed by atoms with Crippen LogP contribution in [0.15, 0.2) is 30.3 Å². The molecular formula is C13H12N2S. The Morgan fingerprint density at radius 1 is 1.31 bits per heavy atom. The SMILES string of the molecule is CCc1cc(-c2ccc(C#N)s2)ccc1N. The van der Waals surface area contributed by atoms with Crippen LogP contribution < -0.4 is 5.73 Å². The van der Waals surface area contributed by atoms with E-state index in [4.69, 9.17) is 11.0 Å². The molecule has 0 aliphatic carbocycles. The molecule has 0 saturated carbocycles. The molecule has 0 bridgehead atoms. The Balaban J connectivity index is 2.45. The van der Waals surface area contributed by atoms with Crippen LogP contribution in [-0.4, -0.2) is 0 Å². The molecule has 0 fully saturated rings. The number of nitrogens with two attached hydrogens (primary N) is 1. The van der Waals surface area contributed by atoms with Crippen molar-refractivity contribution in [2.45, 2.75) is 13.3 Å². The first-order chi connectivity index (χ1) is 7.74. The average Bonchev–Trinajstić information content (AvgIpc) is 2.78. The fourth-order valence-corrected chi connectivity index (χ4v) is 2.42. The van der Waals surface area contributed by atoms with E-state index in [0.717, 1.165) is 33.0 Å². The zero-order valence-electron chi connectivity index (χ0n) is 9.03. The maximum Gasteiger partial charge on any atom is 0.110 e. The summed E-state index contributed by atoms with van der Waals surface area (Å²) in [5, 5.41) is 8.78. The summed E-state index contributed by atoms with van der Waals surface area (Å²) >= 11 is 1.51. The zero-order chi connectivity index (χ0) is 11.5. The summed E-state index contributed by atoms with van der Waals surface area (Å²) in [6, 6.07) is 12.0. The third-order valence-electron chi connectivity index (χ3n) is 2.52. The van der Waals surface area contributed by atoms with Gasteiger partial charge in [0.25, 0.3) is 0 Å². The Bertz CT molecular complexity index is 549. The van der Waals surface area contributed by atoms with Crippen LogP contribution in [0.4, 0.5) is 5.69 Å². The summed E-state index contributed by atoms with van der Waals surface area (Å²) in [4.78, 5) is 1.86. The van der Waals surface area contributed by atoms with Crippen LogP contribution in [0.2, 0.25) is 0 Å². The van der Waals surface area contributed by atoms with Crippen LogP contribution in [0, 0.1) is 11.3 Å². The summed E-state index contributed by atoms with van der Waals surface area (Å²) in [6.07, 6.45) is 0.927. The third kappa shape index (κ3) is 1.93. The van der Waals surface area contributed by atoms with Crippen LogP contribution >= 0.6 is 11.3 Å². The van der Waals surface area contributed by atoms with E-state index in [1.807, 2.05) is 24.3 Å². The number of hydrogen-bond acceptors (Lipinski definition) is 3. The second-order valence-corrected chi connectivity index (χ2v) is 4.63. The lowest BCUT2D eigenvalue weighted by molar-refractivity contribution is 1.15. The molecule has 1 aromatic heterocycles. The summed E-state index contributed by atoms with van der Waals surface area (Å²) in [5.41, 5.74) is 8.99. The van der Waals surface area contributed by atoms with Gasteiger partial charge in [-0.15, -0.1) is 11.3 Å². The highest BCUT2D eigenvalue weighted by molar-refractivity contribution is 7.16. The van der Waals surface area contributed by atoms with Gasteiger partial charge >= 0.3 is 0 Å². The molecule has 1 heterocycles. The monoisotopic (exact) mass is 228 g/mol. The molecule has 0 aliphatic rings. The molecule has 0 aliphatic heterocycles. The largest absolute Gasteiger partial charge is 0.399 e. The number of nitrogens with zero attached hydrogens (tertiary/aromatic N) is 1. The lowest BCUT2D eigenvalue weighted by Crippen LogP contribution is -1.92. The Hall–Kier alpha value is -1.79. The molecule has 0 atom stereocenters. The van der Waals surface area contributed by atoms with E-state index in [9.17, 15) is 0 Å². The quantitative estimate of drug-likeness (QED) is 0.800. The molecule has 2 N–H and O–H groups in total. The second kappa shape index (κ2) is 4.38. The van der Waals surface area contributed by atoms with E-state index in [-0.39, 0.29) is 0 Å². The Labute approximate surface area is 99.0 Å². The fourth-order valence-electron chi connectivity index (χ4n) is 1.62. The number of aryl methyl sites for hydroxylation is 1. The molecule has 0 saturated heterocycles. The molecular weight excluding hydrogens is 216 g/mol. The second-order valence-electron chi connectivity index (χ2n) is 3.54. The molecule has 80 valence electrons. The fraction of sp³-hybridized carbons (Fsp3) is 0.154. The van der Waals surface area contributed by atoms with E-state index in [2.05, 4.69) is 19.1 Å². The van der Waals surface area contributed by atoms with Crippen molar-refractivity contribution in [2.75, 3.05) is 5.73 Å². The van der Waals surface area contributed by atoms with Crippen molar-refractivity contribution in [3.63, 3.8) is 0 Å². The molecule has 2 aromatic rings. The van der Waals surface area contributed by atoms with Crippen molar-refractivity contribution in [3.05, 3.63) is 40.8 Å². The lowest BCUT2D eigenvalue weighted by Gasteiger charge is -2.05. The van der Waals surface area contributed by atoms with Gasteiger partial charge in [0.15, 0.2) is 0 Å². The number of nitriles is 1. The van der Waals surface area contributed by atoms with Gasteiger partial charge in [-0.3, -0.25) is 0 Å². The van der Waals surface area contributed by atoms with Crippen molar-refractivity contribution in [2.24, 2.45) is 0 Å². The topological polar surface area (TPSA) is 49.8 Å². The smallest absolute Gasteiger partial charge is 0.110 e. The van der Waals surface area contributed by atoms with Crippen molar-refractivity contribution >= 4 is 17.0 Å². The summed E-state index contributed by atoms with van der Waals surface area (Å²) in [7, 11) is 0. The number of anilines is 1. The van der Waals surface area contributed by atoms with Gasteiger partial charge in [0.2, 0.25) is 0 Å². The summed E-state index contributed by atoms with van der Waals surface area (Å²) < 4.78 is 0. The standard InChI is InChI=1S/C13H12N2S/c1-2-9-7-10(3-5-12(9)15)13-6-4-11(8-14)16-13/h3-7H,2,15H2,1H3. The number of rotatable bonds is 2. The molecule has 0 amide bonds. The predicted molar refractivity (Wildman–Crippen MR) is 68.3 cm³/mol. The van der Waals surface area contributed by atoms with E-state index in [1.165, 1.54) is 11.3 Å². The third-order valence-corrected chi connectivity index (χ3v) is 3.56. The van der Waals surface area contributed by atoms with Crippen molar-refractivity contribution in [1.29, 1.82) is 5.26 Å². The molecule has 3 heteroatoms. The first kappa shape index (κ1) is 10.7. The molecule has 2 rings (SSSR count). The maximum atomic E-state index is 8.78. The number of thiophene rings is 1. The minimum absolute atomic E-state index is 0.741. The van der Waals surface area contributed by atoms with Gasteiger partial charge in [0, 0.05) is 10.6 Å². The van der Waals surface area contributed by atoms with Crippen LogP contribution in [0.3, 0.4) is 0 Å². The minimum Gasteiger partial charge on any atom is -0.399 e. The highest BCUT2D eigenvalue weighted by Gasteiger charge is 2.04.